The molecule has 1 aromatic carbocycles. The molecule has 0 aromatic heterocycles. The fraction of sp³-hybridized carbons (Fsp3) is 0.417. The van der Waals surface area contributed by atoms with Crippen LogP contribution >= 0.6 is 15.9 Å². The van der Waals surface area contributed by atoms with E-state index >= 15 is 0 Å². The summed E-state index contributed by atoms with van der Waals surface area (Å²) in [6.07, 6.45) is 1.74. The average molecular weight is 306 g/mol. The molecule has 0 spiro atoms. The molecule has 1 unspecified atom stereocenters. The van der Waals surface area contributed by atoms with Crippen LogP contribution in [0, 0.1) is 11.6 Å². The normalized spacial score (nSPS) is 12.2. The number of halogens is 3. The molecule has 0 aliphatic heterocycles. The second kappa shape index (κ2) is 6.69. The van der Waals surface area contributed by atoms with Crippen LogP contribution in [0.3, 0.4) is 0 Å². The molecule has 94 valence electrons. The van der Waals surface area contributed by atoms with Crippen molar-refractivity contribution in [1.82, 2.24) is 5.32 Å². The van der Waals surface area contributed by atoms with Gasteiger partial charge < -0.3 is 5.32 Å². The van der Waals surface area contributed by atoms with Crippen LogP contribution in [0.25, 0.3) is 0 Å². The van der Waals surface area contributed by atoms with Crippen LogP contribution in [0.15, 0.2) is 18.2 Å². The van der Waals surface area contributed by atoms with Crippen molar-refractivity contribution in [2.24, 2.45) is 0 Å². The molecule has 1 rings (SSSR count). The number of hydrogen-bond donors (Lipinski definition) is 1. The molecule has 2 nitrogen and oxygen atoms in total. The van der Waals surface area contributed by atoms with Gasteiger partial charge in [0.1, 0.15) is 11.6 Å². The molecular formula is C12H14BrF2NO. The van der Waals surface area contributed by atoms with Crippen molar-refractivity contribution < 1.29 is 13.6 Å². The van der Waals surface area contributed by atoms with Gasteiger partial charge in [-0.1, -0.05) is 22.9 Å². The first-order valence-corrected chi connectivity index (χ1v) is 6.33. The lowest BCUT2D eigenvalue weighted by atomic mass is 10.2. The predicted octanol–water partition coefficient (Wildman–Crippen LogP) is 3.26. The molecule has 0 saturated heterocycles. The van der Waals surface area contributed by atoms with Crippen molar-refractivity contribution in [2.45, 2.75) is 24.6 Å². The van der Waals surface area contributed by atoms with E-state index < -0.39 is 17.5 Å². The Morgan fingerprint density at radius 1 is 1.35 bits per heavy atom. The zero-order valence-corrected chi connectivity index (χ0v) is 11.1. The quantitative estimate of drug-likeness (QED) is 0.831. The number of hydrogen-bond acceptors (Lipinski definition) is 1. The zero-order valence-electron chi connectivity index (χ0n) is 9.47. The Labute approximate surface area is 108 Å². The minimum absolute atomic E-state index is 0.00474. The molecule has 0 fully saturated rings. The Kier molecular flexibility index (Phi) is 5.55. The summed E-state index contributed by atoms with van der Waals surface area (Å²) in [5, 5.41) is 2.62. The van der Waals surface area contributed by atoms with Crippen molar-refractivity contribution >= 4 is 21.8 Å². The lowest BCUT2D eigenvalue weighted by molar-refractivity contribution is 0.0952. The first-order valence-electron chi connectivity index (χ1n) is 5.41. The molecule has 0 aliphatic rings. The fourth-order valence-electron chi connectivity index (χ4n) is 1.33. The largest absolute Gasteiger partial charge is 0.352 e. The Balaban J connectivity index is 2.52. The van der Waals surface area contributed by atoms with Crippen LogP contribution in [-0.4, -0.2) is 17.3 Å². The van der Waals surface area contributed by atoms with Crippen LogP contribution in [0.5, 0.6) is 0 Å². The number of alkyl halides is 1. The topological polar surface area (TPSA) is 29.1 Å². The third-order valence-corrected chi connectivity index (χ3v) is 3.42. The van der Waals surface area contributed by atoms with Gasteiger partial charge >= 0.3 is 0 Å². The number of nitrogens with one attached hydrogen (secondary N) is 1. The van der Waals surface area contributed by atoms with Gasteiger partial charge in [0, 0.05) is 23.0 Å². The summed E-state index contributed by atoms with van der Waals surface area (Å²) in [5.74, 6) is -1.96. The van der Waals surface area contributed by atoms with Crippen molar-refractivity contribution in [3.8, 4) is 0 Å². The maximum absolute atomic E-state index is 12.9. The zero-order chi connectivity index (χ0) is 12.8. The summed E-state index contributed by atoms with van der Waals surface area (Å²) in [7, 11) is 0. The number of benzene rings is 1. The van der Waals surface area contributed by atoms with E-state index in [0.29, 0.717) is 11.4 Å². The molecule has 0 bridgehead atoms. The van der Waals surface area contributed by atoms with Crippen molar-refractivity contribution in [3.05, 3.63) is 35.4 Å². The van der Waals surface area contributed by atoms with Crippen molar-refractivity contribution in [1.29, 1.82) is 0 Å². The minimum atomic E-state index is -0.748. The van der Waals surface area contributed by atoms with E-state index in [2.05, 4.69) is 21.2 Å². The summed E-state index contributed by atoms with van der Waals surface area (Å²) in [6, 6.07) is 2.77. The lowest BCUT2D eigenvalue weighted by Crippen LogP contribution is -2.26. The third kappa shape index (κ3) is 4.81. The summed E-state index contributed by atoms with van der Waals surface area (Å²) >= 11 is 3.44. The Bertz CT molecular complexity index is 378. The van der Waals surface area contributed by atoms with E-state index in [1.165, 1.54) is 0 Å². The predicted molar refractivity (Wildman–Crippen MR) is 66.3 cm³/mol. The molecule has 1 aromatic rings. The fourth-order valence-corrected chi connectivity index (χ4v) is 1.56. The van der Waals surface area contributed by atoms with Gasteiger partial charge in [-0.05, 0) is 25.0 Å². The molecule has 5 heteroatoms. The molecular weight excluding hydrogens is 292 g/mol. The SMILES string of the molecule is CCC(Br)CCNC(=O)c1cc(F)cc(F)c1. The molecule has 17 heavy (non-hydrogen) atoms. The minimum Gasteiger partial charge on any atom is -0.352 e. The van der Waals surface area contributed by atoms with Crippen molar-refractivity contribution in [2.75, 3.05) is 6.54 Å². The highest BCUT2D eigenvalue weighted by atomic mass is 79.9. The molecule has 1 atom stereocenters. The van der Waals surface area contributed by atoms with Crippen LogP contribution in [0.2, 0.25) is 0 Å². The highest BCUT2D eigenvalue weighted by Crippen LogP contribution is 2.09. The highest BCUT2D eigenvalue weighted by molar-refractivity contribution is 9.09. The maximum atomic E-state index is 12.9. The maximum Gasteiger partial charge on any atom is 0.251 e. The highest BCUT2D eigenvalue weighted by Gasteiger charge is 2.09. The molecule has 0 saturated carbocycles. The summed E-state index contributed by atoms with van der Waals surface area (Å²) in [6.45, 7) is 2.50. The van der Waals surface area contributed by atoms with E-state index in [9.17, 15) is 13.6 Å². The average Bonchev–Trinajstić information content (AvgIpc) is 2.27. The van der Waals surface area contributed by atoms with Crippen LogP contribution in [0.4, 0.5) is 8.78 Å². The van der Waals surface area contributed by atoms with Gasteiger partial charge in [0.15, 0.2) is 0 Å². The third-order valence-electron chi connectivity index (χ3n) is 2.31. The monoisotopic (exact) mass is 305 g/mol. The van der Waals surface area contributed by atoms with Crippen molar-refractivity contribution in [3.63, 3.8) is 0 Å². The van der Waals surface area contributed by atoms with E-state index in [1.54, 1.807) is 0 Å². The molecule has 0 radical (unpaired) electrons. The summed E-state index contributed by atoms with van der Waals surface area (Å²) < 4.78 is 25.7. The molecule has 0 heterocycles. The van der Waals surface area contributed by atoms with Crippen LogP contribution in [-0.2, 0) is 0 Å². The van der Waals surface area contributed by atoms with Gasteiger partial charge in [0.2, 0.25) is 0 Å². The van der Waals surface area contributed by atoms with E-state index in [1.807, 2.05) is 6.92 Å². The van der Waals surface area contributed by atoms with Gasteiger partial charge in [0.25, 0.3) is 5.91 Å². The second-order valence-electron chi connectivity index (χ2n) is 3.71. The Hall–Kier alpha value is -0.970. The summed E-state index contributed by atoms with van der Waals surface area (Å²) in [4.78, 5) is 11.9. The van der Waals surface area contributed by atoms with Gasteiger partial charge in [-0.2, -0.15) is 0 Å². The van der Waals surface area contributed by atoms with Gasteiger partial charge in [-0.25, -0.2) is 8.78 Å². The van der Waals surface area contributed by atoms with E-state index in [0.717, 1.165) is 31.0 Å². The molecule has 1 N–H and O–H groups in total. The van der Waals surface area contributed by atoms with E-state index in [4.69, 9.17) is 0 Å². The first kappa shape index (κ1) is 14.1. The summed E-state index contributed by atoms with van der Waals surface area (Å²) in [5.41, 5.74) is 0.00474. The smallest absolute Gasteiger partial charge is 0.251 e. The number of carbonyl (C=O) groups is 1. The Morgan fingerprint density at radius 3 is 2.47 bits per heavy atom. The number of carbonyl (C=O) groups excluding carboxylic acids is 1. The second-order valence-corrected chi connectivity index (χ2v) is 5.00. The molecule has 1 amide bonds. The van der Waals surface area contributed by atoms with Gasteiger partial charge in [-0.15, -0.1) is 0 Å². The van der Waals surface area contributed by atoms with Gasteiger partial charge in [0.05, 0.1) is 0 Å². The Morgan fingerprint density at radius 2 is 1.94 bits per heavy atom. The van der Waals surface area contributed by atoms with E-state index in [-0.39, 0.29) is 5.56 Å². The first-order chi connectivity index (χ1) is 8.02. The number of amides is 1. The number of rotatable bonds is 5. The molecule has 0 aliphatic carbocycles. The van der Waals surface area contributed by atoms with Gasteiger partial charge in [-0.3, -0.25) is 4.79 Å². The standard InChI is InChI=1S/C12H14BrF2NO/c1-2-9(13)3-4-16-12(17)8-5-10(14)7-11(15)6-8/h5-7,9H,2-4H2,1H3,(H,16,17). The van der Waals surface area contributed by atoms with Crippen LogP contribution < -0.4 is 5.32 Å². The van der Waals surface area contributed by atoms with Crippen LogP contribution in [0.1, 0.15) is 30.1 Å². The lowest BCUT2D eigenvalue weighted by Gasteiger charge is -2.08.